The van der Waals surface area contributed by atoms with Gasteiger partial charge in [0.1, 0.15) is 11.6 Å². The van der Waals surface area contributed by atoms with Crippen LogP contribution in [0.25, 0.3) is 0 Å². The number of carbonyl (C=O) groups is 1. The van der Waals surface area contributed by atoms with Gasteiger partial charge >= 0.3 is 5.97 Å². The minimum absolute atomic E-state index is 0.0308. The fourth-order valence-corrected chi connectivity index (χ4v) is 2.09. The second-order valence-electron chi connectivity index (χ2n) is 4.09. The van der Waals surface area contributed by atoms with Crippen molar-refractivity contribution in [2.45, 2.75) is 31.8 Å². The van der Waals surface area contributed by atoms with Crippen molar-refractivity contribution in [2.75, 3.05) is 0 Å². The smallest absolute Gasteiger partial charge is 0.303 e. The van der Waals surface area contributed by atoms with Crippen LogP contribution in [0.5, 0.6) is 5.75 Å². The van der Waals surface area contributed by atoms with Crippen LogP contribution in [0, 0.1) is 5.82 Å². The molecule has 0 heterocycles. The minimum atomic E-state index is -0.900. The van der Waals surface area contributed by atoms with Gasteiger partial charge in [0.15, 0.2) is 0 Å². The molecule has 0 amide bonds. The van der Waals surface area contributed by atoms with Crippen molar-refractivity contribution >= 4 is 21.9 Å². The third kappa shape index (κ3) is 3.43. The highest BCUT2D eigenvalue weighted by atomic mass is 79.9. The number of aliphatic carboxylic acids is 1. The Labute approximate surface area is 107 Å². The van der Waals surface area contributed by atoms with Crippen LogP contribution in [0.2, 0.25) is 0 Å². The number of halogens is 2. The summed E-state index contributed by atoms with van der Waals surface area (Å²) in [6.07, 6.45) is 2.44. The van der Waals surface area contributed by atoms with Gasteiger partial charge in [0, 0.05) is 6.42 Å². The fraction of sp³-hybridized carbons (Fsp3) is 0.417. The van der Waals surface area contributed by atoms with E-state index >= 15 is 0 Å². The monoisotopic (exact) mass is 302 g/mol. The van der Waals surface area contributed by atoms with Crippen molar-refractivity contribution in [2.24, 2.45) is 0 Å². The van der Waals surface area contributed by atoms with Crippen molar-refractivity contribution < 1.29 is 19.0 Å². The van der Waals surface area contributed by atoms with Crippen molar-refractivity contribution in [1.29, 1.82) is 0 Å². The second-order valence-corrected chi connectivity index (χ2v) is 4.94. The summed E-state index contributed by atoms with van der Waals surface area (Å²) in [6, 6.07) is 2.67. The molecule has 0 bridgehead atoms. The summed E-state index contributed by atoms with van der Waals surface area (Å²) in [4.78, 5) is 10.5. The van der Waals surface area contributed by atoms with Gasteiger partial charge in [0.05, 0.1) is 10.6 Å². The first-order valence-corrected chi connectivity index (χ1v) is 6.22. The Morgan fingerprint density at radius 3 is 2.82 bits per heavy atom. The topological polar surface area (TPSA) is 46.5 Å². The SMILES string of the molecule is O=C(O)CCc1cc(F)cc(Br)c1OC1CC1. The van der Waals surface area contributed by atoms with Gasteiger partial charge in [-0.15, -0.1) is 0 Å². The molecule has 1 N–H and O–H groups in total. The molecule has 0 spiro atoms. The van der Waals surface area contributed by atoms with Crippen LogP contribution >= 0.6 is 15.9 Å². The molecule has 0 unspecified atom stereocenters. The summed E-state index contributed by atoms with van der Waals surface area (Å²) in [5.74, 6) is -0.710. The van der Waals surface area contributed by atoms with Crippen molar-refractivity contribution in [3.05, 3.63) is 28.0 Å². The van der Waals surface area contributed by atoms with Crippen LogP contribution in [0.3, 0.4) is 0 Å². The van der Waals surface area contributed by atoms with Gasteiger partial charge in [-0.3, -0.25) is 4.79 Å². The van der Waals surface area contributed by atoms with E-state index in [1.807, 2.05) is 0 Å². The molecule has 17 heavy (non-hydrogen) atoms. The molecule has 0 radical (unpaired) electrons. The maximum absolute atomic E-state index is 13.3. The zero-order valence-corrected chi connectivity index (χ0v) is 10.7. The number of benzene rings is 1. The highest BCUT2D eigenvalue weighted by Gasteiger charge is 2.26. The summed E-state index contributed by atoms with van der Waals surface area (Å²) in [6.45, 7) is 0. The molecule has 2 rings (SSSR count). The summed E-state index contributed by atoms with van der Waals surface area (Å²) in [7, 11) is 0. The fourth-order valence-electron chi connectivity index (χ4n) is 1.53. The Bertz CT molecular complexity index is 444. The molecule has 1 saturated carbocycles. The van der Waals surface area contributed by atoms with Gasteiger partial charge in [0.2, 0.25) is 0 Å². The maximum atomic E-state index is 13.3. The molecule has 92 valence electrons. The lowest BCUT2D eigenvalue weighted by atomic mass is 10.1. The average molecular weight is 303 g/mol. The van der Waals surface area contributed by atoms with Crippen molar-refractivity contribution in [3.8, 4) is 5.75 Å². The minimum Gasteiger partial charge on any atom is -0.489 e. The molecule has 0 atom stereocenters. The molecular weight excluding hydrogens is 291 g/mol. The summed E-state index contributed by atoms with van der Waals surface area (Å²) < 4.78 is 19.5. The Hall–Kier alpha value is -1.10. The van der Waals surface area contributed by atoms with Crippen LogP contribution in [0.15, 0.2) is 16.6 Å². The number of ether oxygens (including phenoxy) is 1. The lowest BCUT2D eigenvalue weighted by molar-refractivity contribution is -0.136. The van der Waals surface area contributed by atoms with Crippen LogP contribution < -0.4 is 4.74 Å². The molecule has 0 saturated heterocycles. The summed E-state index contributed by atoms with van der Waals surface area (Å²) in [5, 5.41) is 8.65. The zero-order chi connectivity index (χ0) is 12.4. The number of hydrogen-bond acceptors (Lipinski definition) is 2. The molecule has 1 aromatic rings. The maximum Gasteiger partial charge on any atom is 0.303 e. The summed E-state index contributed by atoms with van der Waals surface area (Å²) >= 11 is 3.25. The number of hydrogen-bond donors (Lipinski definition) is 1. The zero-order valence-electron chi connectivity index (χ0n) is 9.08. The van der Waals surface area contributed by atoms with E-state index in [-0.39, 0.29) is 24.8 Å². The molecule has 0 aromatic heterocycles. The Morgan fingerprint density at radius 1 is 1.53 bits per heavy atom. The lowest BCUT2D eigenvalue weighted by Crippen LogP contribution is -2.04. The highest BCUT2D eigenvalue weighted by molar-refractivity contribution is 9.10. The largest absolute Gasteiger partial charge is 0.489 e. The molecule has 1 aliphatic rings. The molecule has 0 aliphatic heterocycles. The molecule has 1 aliphatic carbocycles. The molecule has 1 fully saturated rings. The number of rotatable bonds is 5. The van der Waals surface area contributed by atoms with E-state index < -0.39 is 5.97 Å². The van der Waals surface area contributed by atoms with Crippen molar-refractivity contribution in [1.82, 2.24) is 0 Å². The van der Waals surface area contributed by atoms with E-state index in [4.69, 9.17) is 9.84 Å². The van der Waals surface area contributed by atoms with Crippen LogP contribution in [0.1, 0.15) is 24.8 Å². The highest BCUT2D eigenvalue weighted by Crippen LogP contribution is 2.36. The van der Waals surface area contributed by atoms with Gasteiger partial charge in [-0.1, -0.05) is 0 Å². The van der Waals surface area contributed by atoms with Gasteiger partial charge in [-0.05, 0) is 52.9 Å². The second kappa shape index (κ2) is 5.04. The van der Waals surface area contributed by atoms with Gasteiger partial charge < -0.3 is 9.84 Å². The third-order valence-corrected chi connectivity index (χ3v) is 3.09. The van der Waals surface area contributed by atoms with Gasteiger partial charge in [0.25, 0.3) is 0 Å². The molecule has 3 nitrogen and oxygen atoms in total. The first kappa shape index (κ1) is 12.4. The van der Waals surface area contributed by atoms with Gasteiger partial charge in [-0.25, -0.2) is 4.39 Å². The number of carboxylic acids is 1. The van der Waals surface area contributed by atoms with Gasteiger partial charge in [-0.2, -0.15) is 0 Å². The van der Waals surface area contributed by atoms with Crippen LogP contribution in [0.4, 0.5) is 4.39 Å². The van der Waals surface area contributed by atoms with E-state index in [0.717, 1.165) is 12.8 Å². The Morgan fingerprint density at radius 2 is 2.24 bits per heavy atom. The van der Waals surface area contributed by atoms with E-state index in [9.17, 15) is 9.18 Å². The lowest BCUT2D eigenvalue weighted by Gasteiger charge is -2.12. The molecule has 1 aromatic carbocycles. The normalized spacial score (nSPS) is 14.7. The predicted octanol–water partition coefficient (Wildman–Crippen LogP) is 3.15. The van der Waals surface area contributed by atoms with Crippen LogP contribution in [-0.2, 0) is 11.2 Å². The Balaban J connectivity index is 2.22. The number of carboxylic acid groups (broad SMARTS) is 1. The first-order valence-electron chi connectivity index (χ1n) is 5.42. The predicted molar refractivity (Wildman–Crippen MR) is 63.7 cm³/mol. The standard InChI is InChI=1S/C12H12BrFO3/c13-10-6-8(14)5-7(1-4-11(15)16)12(10)17-9-2-3-9/h5-6,9H,1-4H2,(H,15,16). The van der Waals surface area contributed by atoms with E-state index in [2.05, 4.69) is 15.9 Å². The number of aryl methyl sites for hydroxylation is 1. The summed E-state index contributed by atoms with van der Waals surface area (Å²) in [5.41, 5.74) is 0.603. The molecule has 5 heteroatoms. The quantitative estimate of drug-likeness (QED) is 0.909. The Kier molecular flexibility index (Phi) is 3.66. The van der Waals surface area contributed by atoms with E-state index in [1.54, 1.807) is 0 Å². The van der Waals surface area contributed by atoms with E-state index in [0.29, 0.717) is 15.8 Å². The first-order chi connectivity index (χ1) is 8.06. The average Bonchev–Trinajstić information content (AvgIpc) is 3.03. The molecular formula is C12H12BrFO3. The third-order valence-electron chi connectivity index (χ3n) is 2.50. The van der Waals surface area contributed by atoms with E-state index in [1.165, 1.54) is 12.1 Å². The van der Waals surface area contributed by atoms with Crippen molar-refractivity contribution in [3.63, 3.8) is 0 Å². The van der Waals surface area contributed by atoms with Crippen LogP contribution in [-0.4, -0.2) is 17.2 Å².